The molecular weight excluding hydrogens is 246 g/mol. The number of rotatable bonds is 2. The number of anilines is 1. The molecule has 0 radical (unpaired) electrons. The van der Waals surface area contributed by atoms with Crippen molar-refractivity contribution < 1.29 is 19.5 Å². The minimum absolute atomic E-state index is 0.109. The molecular formula is C9H13N3O4S. The molecule has 1 aromatic heterocycles. The van der Waals surface area contributed by atoms with Gasteiger partial charge < -0.3 is 4.74 Å². The number of amides is 2. The van der Waals surface area contributed by atoms with Crippen LogP contribution < -0.4 is 10.8 Å². The summed E-state index contributed by atoms with van der Waals surface area (Å²) < 4.78 is 5.10. The Labute approximate surface area is 102 Å². The molecule has 0 aromatic carbocycles. The summed E-state index contributed by atoms with van der Waals surface area (Å²) in [5.74, 6) is -0.564. The Morgan fingerprint density at radius 1 is 1.47 bits per heavy atom. The number of carbonyl (C=O) groups excluding carboxylic acids is 2. The topological polar surface area (TPSA) is 101 Å². The van der Waals surface area contributed by atoms with Gasteiger partial charge >= 0.3 is 12.0 Å². The predicted octanol–water partition coefficient (Wildman–Crippen LogP) is 1.61. The van der Waals surface area contributed by atoms with E-state index in [9.17, 15) is 9.59 Å². The maximum atomic E-state index is 11.6. The number of thiazole rings is 1. The number of carbonyl (C=O) groups is 2. The molecule has 0 aliphatic heterocycles. The van der Waals surface area contributed by atoms with E-state index >= 15 is 0 Å². The van der Waals surface area contributed by atoms with Gasteiger partial charge in [0.25, 0.3) is 0 Å². The third kappa shape index (κ3) is 4.37. The molecule has 94 valence electrons. The predicted molar refractivity (Wildman–Crippen MR) is 61.2 cm³/mol. The van der Waals surface area contributed by atoms with Gasteiger partial charge in [0.1, 0.15) is 5.60 Å². The van der Waals surface area contributed by atoms with Gasteiger partial charge in [0.05, 0.1) is 0 Å². The van der Waals surface area contributed by atoms with Crippen LogP contribution >= 0.6 is 11.3 Å². The summed E-state index contributed by atoms with van der Waals surface area (Å²) in [7, 11) is 0. The SMILES string of the molecule is CC(C)(C)OC(=O)c1csc(NC(=O)NO)n1. The lowest BCUT2D eigenvalue weighted by molar-refractivity contribution is 0.00638. The zero-order chi connectivity index (χ0) is 13.1. The molecule has 1 heterocycles. The maximum Gasteiger partial charge on any atom is 0.358 e. The lowest BCUT2D eigenvalue weighted by Gasteiger charge is -2.18. The summed E-state index contributed by atoms with van der Waals surface area (Å²) in [5.41, 5.74) is 0.900. The second-order valence-electron chi connectivity index (χ2n) is 4.11. The molecule has 2 amide bonds. The van der Waals surface area contributed by atoms with Crippen LogP contribution in [-0.4, -0.2) is 27.8 Å². The number of nitrogens with zero attached hydrogens (tertiary/aromatic N) is 1. The fourth-order valence-corrected chi connectivity index (χ4v) is 1.56. The third-order valence-corrected chi connectivity index (χ3v) is 2.19. The monoisotopic (exact) mass is 259 g/mol. The Balaban J connectivity index is 2.68. The number of hydroxylamine groups is 1. The van der Waals surface area contributed by atoms with E-state index in [-0.39, 0.29) is 10.8 Å². The fourth-order valence-electron chi connectivity index (χ4n) is 0.880. The van der Waals surface area contributed by atoms with Crippen molar-refractivity contribution in [3.8, 4) is 0 Å². The normalized spacial score (nSPS) is 10.8. The van der Waals surface area contributed by atoms with Crippen LogP contribution in [0.5, 0.6) is 0 Å². The van der Waals surface area contributed by atoms with Crippen molar-refractivity contribution in [2.45, 2.75) is 26.4 Å². The van der Waals surface area contributed by atoms with E-state index in [1.807, 2.05) is 0 Å². The number of ether oxygens (including phenoxy) is 1. The highest BCUT2D eigenvalue weighted by atomic mass is 32.1. The number of aromatic nitrogens is 1. The second kappa shape index (κ2) is 5.11. The van der Waals surface area contributed by atoms with Crippen LogP contribution in [0.25, 0.3) is 0 Å². The fraction of sp³-hybridized carbons (Fsp3) is 0.444. The largest absolute Gasteiger partial charge is 0.455 e. The second-order valence-corrected chi connectivity index (χ2v) is 4.96. The van der Waals surface area contributed by atoms with Crippen molar-refractivity contribution in [3.63, 3.8) is 0 Å². The standard InChI is InChI=1S/C9H13N3O4S/c1-9(2,3)16-6(13)5-4-17-8(10-5)11-7(14)12-15/h4,15H,1-3H3,(H2,10,11,12,14). The number of hydrogen-bond donors (Lipinski definition) is 3. The van der Waals surface area contributed by atoms with Gasteiger partial charge in [0, 0.05) is 5.38 Å². The summed E-state index contributed by atoms with van der Waals surface area (Å²) >= 11 is 1.05. The van der Waals surface area contributed by atoms with E-state index < -0.39 is 17.6 Å². The van der Waals surface area contributed by atoms with Crippen molar-refractivity contribution in [3.05, 3.63) is 11.1 Å². The molecule has 0 aliphatic rings. The Hall–Kier alpha value is -1.67. The minimum atomic E-state index is -0.824. The molecule has 0 unspecified atom stereocenters. The zero-order valence-electron chi connectivity index (χ0n) is 9.60. The smallest absolute Gasteiger partial charge is 0.358 e. The lowest BCUT2D eigenvalue weighted by atomic mass is 10.2. The van der Waals surface area contributed by atoms with E-state index in [4.69, 9.17) is 9.94 Å². The minimum Gasteiger partial charge on any atom is -0.455 e. The first kappa shape index (κ1) is 13.4. The highest BCUT2D eigenvalue weighted by molar-refractivity contribution is 7.14. The molecule has 17 heavy (non-hydrogen) atoms. The van der Waals surface area contributed by atoms with Crippen LogP contribution in [0, 0.1) is 0 Å². The van der Waals surface area contributed by atoms with E-state index in [0.29, 0.717) is 0 Å². The van der Waals surface area contributed by atoms with Gasteiger partial charge in [-0.25, -0.2) is 20.1 Å². The van der Waals surface area contributed by atoms with Crippen LogP contribution in [0.1, 0.15) is 31.3 Å². The quantitative estimate of drug-likeness (QED) is 0.425. The van der Waals surface area contributed by atoms with E-state index in [1.54, 1.807) is 20.8 Å². The maximum absolute atomic E-state index is 11.6. The van der Waals surface area contributed by atoms with Gasteiger partial charge in [-0.1, -0.05) is 0 Å². The molecule has 1 rings (SSSR count). The Bertz CT molecular complexity index is 424. The number of urea groups is 1. The number of nitrogens with one attached hydrogen (secondary N) is 2. The van der Waals surface area contributed by atoms with Crippen LogP contribution in [0.15, 0.2) is 5.38 Å². The van der Waals surface area contributed by atoms with Crippen molar-refractivity contribution in [1.82, 2.24) is 10.5 Å². The first-order valence-corrected chi connectivity index (χ1v) is 5.60. The summed E-state index contributed by atoms with van der Waals surface area (Å²) in [5, 5.41) is 12.2. The molecule has 1 aromatic rings. The van der Waals surface area contributed by atoms with Gasteiger partial charge in [-0.15, -0.1) is 11.3 Å². The van der Waals surface area contributed by atoms with Crippen LogP contribution in [-0.2, 0) is 4.74 Å². The van der Waals surface area contributed by atoms with Gasteiger partial charge in [0.2, 0.25) is 0 Å². The van der Waals surface area contributed by atoms with Gasteiger partial charge in [-0.3, -0.25) is 10.5 Å². The van der Waals surface area contributed by atoms with E-state index in [1.165, 1.54) is 10.9 Å². The van der Waals surface area contributed by atoms with Crippen molar-refractivity contribution >= 4 is 28.5 Å². The van der Waals surface area contributed by atoms with E-state index in [2.05, 4.69) is 10.3 Å². The highest BCUT2D eigenvalue weighted by Gasteiger charge is 2.20. The molecule has 0 saturated heterocycles. The first-order valence-electron chi connectivity index (χ1n) is 4.72. The highest BCUT2D eigenvalue weighted by Crippen LogP contribution is 2.18. The average molecular weight is 259 g/mol. The molecule has 0 saturated carbocycles. The molecule has 3 N–H and O–H groups in total. The summed E-state index contributed by atoms with van der Waals surface area (Å²) in [6.45, 7) is 5.24. The number of hydrogen-bond acceptors (Lipinski definition) is 6. The molecule has 8 heteroatoms. The lowest BCUT2D eigenvalue weighted by Crippen LogP contribution is -2.25. The van der Waals surface area contributed by atoms with Crippen molar-refractivity contribution in [2.24, 2.45) is 0 Å². The third-order valence-electron chi connectivity index (χ3n) is 1.43. The first-order chi connectivity index (χ1) is 7.81. The van der Waals surface area contributed by atoms with Crippen LogP contribution in [0.3, 0.4) is 0 Å². The summed E-state index contributed by atoms with van der Waals surface area (Å²) in [4.78, 5) is 26.2. The molecule has 0 atom stereocenters. The zero-order valence-corrected chi connectivity index (χ0v) is 10.4. The molecule has 7 nitrogen and oxygen atoms in total. The average Bonchev–Trinajstić information content (AvgIpc) is 2.63. The van der Waals surface area contributed by atoms with Gasteiger partial charge in [-0.2, -0.15) is 0 Å². The molecule has 0 spiro atoms. The molecule has 0 bridgehead atoms. The van der Waals surface area contributed by atoms with Crippen molar-refractivity contribution in [2.75, 3.05) is 5.32 Å². The van der Waals surface area contributed by atoms with Crippen molar-refractivity contribution in [1.29, 1.82) is 0 Å². The van der Waals surface area contributed by atoms with Crippen LogP contribution in [0.2, 0.25) is 0 Å². The number of esters is 1. The Morgan fingerprint density at radius 2 is 2.12 bits per heavy atom. The van der Waals surface area contributed by atoms with Gasteiger partial charge in [0.15, 0.2) is 10.8 Å². The van der Waals surface area contributed by atoms with Crippen LogP contribution in [0.4, 0.5) is 9.93 Å². The Kier molecular flexibility index (Phi) is 4.02. The summed E-state index contributed by atoms with van der Waals surface area (Å²) in [6.07, 6.45) is 0. The molecule has 0 fully saturated rings. The van der Waals surface area contributed by atoms with E-state index in [0.717, 1.165) is 11.3 Å². The Morgan fingerprint density at radius 3 is 2.65 bits per heavy atom. The molecule has 0 aliphatic carbocycles. The summed E-state index contributed by atoms with van der Waals surface area (Å²) in [6, 6.07) is -0.824. The van der Waals surface area contributed by atoms with Gasteiger partial charge in [-0.05, 0) is 20.8 Å².